The van der Waals surface area contributed by atoms with E-state index in [1.807, 2.05) is 60.7 Å². The Balaban J connectivity index is 1.25. The van der Waals surface area contributed by atoms with Gasteiger partial charge in [-0.3, -0.25) is 9.59 Å². The van der Waals surface area contributed by atoms with Crippen molar-refractivity contribution in [2.24, 2.45) is 0 Å². The van der Waals surface area contributed by atoms with Crippen molar-refractivity contribution in [1.82, 2.24) is 5.32 Å². The zero-order chi connectivity index (χ0) is 25.4. The summed E-state index contributed by atoms with van der Waals surface area (Å²) in [5.74, 6) is 0.732. The fraction of sp³-hybridized carbons (Fsp3) is 0.250. The number of amides is 1. The smallest absolute Gasteiger partial charge is 0.306 e. The summed E-state index contributed by atoms with van der Waals surface area (Å²) < 4.78 is 16.5. The monoisotopic (exact) mass is 506 g/mol. The molecule has 0 heterocycles. The SMILES string of the molecule is O=C(CCC(=O)OCCCc1ccccc1)NC(=S)Nc1ccc(OCCOc2ccccc2)cc1. The first-order valence-electron chi connectivity index (χ1n) is 11.8. The molecule has 2 N–H and O–H groups in total. The lowest BCUT2D eigenvalue weighted by Gasteiger charge is -2.11. The van der Waals surface area contributed by atoms with Crippen molar-refractivity contribution in [1.29, 1.82) is 0 Å². The third-order valence-corrected chi connectivity index (χ3v) is 5.21. The number of nitrogens with one attached hydrogen (secondary N) is 2. The molecule has 0 unspecified atom stereocenters. The molecule has 0 atom stereocenters. The Morgan fingerprint density at radius 1 is 0.722 bits per heavy atom. The molecule has 0 aliphatic carbocycles. The van der Waals surface area contributed by atoms with E-state index in [0.29, 0.717) is 31.3 Å². The number of hydrogen-bond acceptors (Lipinski definition) is 6. The van der Waals surface area contributed by atoms with Gasteiger partial charge in [-0.05, 0) is 67.0 Å². The number of aryl methyl sites for hydroxylation is 1. The van der Waals surface area contributed by atoms with Crippen LogP contribution in [-0.2, 0) is 20.7 Å². The number of carbonyl (C=O) groups excluding carboxylic acids is 2. The van der Waals surface area contributed by atoms with Crippen LogP contribution in [0.1, 0.15) is 24.8 Å². The van der Waals surface area contributed by atoms with Crippen molar-refractivity contribution < 1.29 is 23.8 Å². The van der Waals surface area contributed by atoms with Crippen LogP contribution < -0.4 is 20.1 Å². The summed E-state index contributed by atoms with van der Waals surface area (Å²) in [7, 11) is 0. The lowest BCUT2D eigenvalue weighted by molar-refractivity contribution is -0.145. The van der Waals surface area contributed by atoms with Crippen molar-refractivity contribution in [3.8, 4) is 11.5 Å². The number of esters is 1. The predicted molar refractivity (Wildman–Crippen MR) is 143 cm³/mol. The molecule has 3 aromatic rings. The van der Waals surface area contributed by atoms with Gasteiger partial charge in [-0.25, -0.2) is 0 Å². The fourth-order valence-electron chi connectivity index (χ4n) is 3.22. The molecule has 3 aromatic carbocycles. The summed E-state index contributed by atoms with van der Waals surface area (Å²) in [6.07, 6.45) is 1.57. The molecule has 0 aliphatic heterocycles. The van der Waals surface area contributed by atoms with Crippen LogP contribution in [0.15, 0.2) is 84.9 Å². The third kappa shape index (κ3) is 10.6. The van der Waals surface area contributed by atoms with Crippen LogP contribution in [0.4, 0.5) is 5.69 Å². The van der Waals surface area contributed by atoms with E-state index in [1.54, 1.807) is 24.3 Å². The van der Waals surface area contributed by atoms with E-state index in [4.69, 9.17) is 26.4 Å². The maximum Gasteiger partial charge on any atom is 0.306 e. The van der Waals surface area contributed by atoms with Crippen LogP contribution in [-0.4, -0.2) is 36.8 Å². The maximum atomic E-state index is 12.1. The standard InChI is InChI=1S/C28H30N2O5S/c31-26(17-18-27(32)35-19-7-10-22-8-3-1-4-9-22)30-28(36)29-23-13-15-25(16-14-23)34-21-20-33-24-11-5-2-6-12-24/h1-6,8-9,11-16H,7,10,17-21H2,(H2,29,30,31,36). The molecule has 0 saturated heterocycles. The minimum Gasteiger partial charge on any atom is -0.490 e. The molecule has 0 spiro atoms. The highest BCUT2D eigenvalue weighted by atomic mass is 32.1. The van der Waals surface area contributed by atoms with E-state index in [2.05, 4.69) is 10.6 Å². The third-order valence-electron chi connectivity index (χ3n) is 5.00. The lowest BCUT2D eigenvalue weighted by atomic mass is 10.1. The number of anilines is 1. The van der Waals surface area contributed by atoms with Gasteiger partial charge < -0.3 is 24.8 Å². The Morgan fingerprint density at radius 2 is 1.33 bits per heavy atom. The largest absolute Gasteiger partial charge is 0.490 e. The minimum absolute atomic E-state index is 0.000192. The van der Waals surface area contributed by atoms with Gasteiger partial charge in [0.05, 0.1) is 13.0 Å². The Bertz CT molecular complexity index is 1090. The van der Waals surface area contributed by atoms with Gasteiger partial charge in [0.15, 0.2) is 5.11 Å². The zero-order valence-electron chi connectivity index (χ0n) is 20.0. The van der Waals surface area contributed by atoms with Crippen LogP contribution >= 0.6 is 12.2 Å². The van der Waals surface area contributed by atoms with Crippen LogP contribution in [0.2, 0.25) is 0 Å². The van der Waals surface area contributed by atoms with Gasteiger partial charge in [0.2, 0.25) is 5.91 Å². The number of ether oxygens (including phenoxy) is 3. The highest BCUT2D eigenvalue weighted by Crippen LogP contribution is 2.16. The molecule has 1 amide bonds. The Hall–Kier alpha value is -3.91. The van der Waals surface area contributed by atoms with Crippen LogP contribution in [0.5, 0.6) is 11.5 Å². The van der Waals surface area contributed by atoms with E-state index in [-0.39, 0.29) is 23.9 Å². The van der Waals surface area contributed by atoms with E-state index in [1.165, 1.54) is 5.56 Å². The number of thiocarbonyl (C=S) groups is 1. The van der Waals surface area contributed by atoms with Crippen LogP contribution in [0.25, 0.3) is 0 Å². The second-order valence-corrected chi connectivity index (χ2v) is 8.25. The summed E-state index contributed by atoms with van der Waals surface area (Å²) in [5, 5.41) is 5.66. The maximum absolute atomic E-state index is 12.1. The number of rotatable bonds is 13. The summed E-state index contributed by atoms with van der Waals surface area (Å²) in [6, 6.07) is 26.7. The molecule has 8 heteroatoms. The summed E-state index contributed by atoms with van der Waals surface area (Å²) in [4.78, 5) is 24.0. The summed E-state index contributed by atoms with van der Waals surface area (Å²) >= 11 is 5.18. The summed E-state index contributed by atoms with van der Waals surface area (Å²) in [6.45, 7) is 1.17. The topological polar surface area (TPSA) is 85.9 Å². The van der Waals surface area contributed by atoms with Crippen molar-refractivity contribution in [2.45, 2.75) is 25.7 Å². The van der Waals surface area contributed by atoms with E-state index < -0.39 is 5.97 Å². The number of benzene rings is 3. The van der Waals surface area contributed by atoms with Gasteiger partial charge in [-0.15, -0.1) is 0 Å². The fourth-order valence-corrected chi connectivity index (χ4v) is 3.45. The average Bonchev–Trinajstić information content (AvgIpc) is 2.90. The molecule has 3 rings (SSSR count). The average molecular weight is 507 g/mol. The minimum atomic E-state index is -0.401. The van der Waals surface area contributed by atoms with Crippen LogP contribution in [0, 0.1) is 0 Å². The molecule has 188 valence electrons. The van der Waals surface area contributed by atoms with Gasteiger partial charge in [0, 0.05) is 12.1 Å². The zero-order valence-corrected chi connectivity index (χ0v) is 20.8. The van der Waals surface area contributed by atoms with Gasteiger partial charge in [-0.1, -0.05) is 48.5 Å². The van der Waals surface area contributed by atoms with Crippen molar-refractivity contribution >= 4 is 34.9 Å². The second-order valence-electron chi connectivity index (χ2n) is 7.85. The Labute approximate surface area is 216 Å². The molecule has 0 radical (unpaired) electrons. The van der Waals surface area contributed by atoms with Crippen molar-refractivity contribution in [2.75, 3.05) is 25.1 Å². The van der Waals surface area contributed by atoms with Crippen molar-refractivity contribution in [3.05, 3.63) is 90.5 Å². The van der Waals surface area contributed by atoms with Crippen LogP contribution in [0.3, 0.4) is 0 Å². The lowest BCUT2D eigenvalue weighted by Crippen LogP contribution is -2.34. The first-order chi connectivity index (χ1) is 17.6. The molecule has 0 aliphatic rings. The highest BCUT2D eigenvalue weighted by Gasteiger charge is 2.10. The number of para-hydroxylation sites is 1. The molecule has 0 saturated carbocycles. The van der Waals surface area contributed by atoms with E-state index >= 15 is 0 Å². The Kier molecular flexibility index (Phi) is 11.2. The first-order valence-corrected chi connectivity index (χ1v) is 12.2. The van der Waals surface area contributed by atoms with E-state index in [0.717, 1.165) is 18.6 Å². The molecule has 0 bridgehead atoms. The molecular formula is C28H30N2O5S. The highest BCUT2D eigenvalue weighted by molar-refractivity contribution is 7.80. The quantitative estimate of drug-likeness (QED) is 0.193. The van der Waals surface area contributed by atoms with E-state index in [9.17, 15) is 9.59 Å². The second kappa shape index (κ2) is 15.2. The summed E-state index contributed by atoms with van der Waals surface area (Å²) in [5.41, 5.74) is 1.90. The normalized spacial score (nSPS) is 10.2. The molecule has 0 fully saturated rings. The van der Waals surface area contributed by atoms with Gasteiger partial charge >= 0.3 is 5.97 Å². The van der Waals surface area contributed by atoms with Gasteiger partial charge in [0.1, 0.15) is 24.7 Å². The molecule has 0 aromatic heterocycles. The Morgan fingerprint density at radius 3 is 2.00 bits per heavy atom. The predicted octanol–water partition coefficient (Wildman–Crippen LogP) is 4.91. The van der Waals surface area contributed by atoms with Gasteiger partial charge in [-0.2, -0.15) is 0 Å². The number of carbonyl (C=O) groups is 2. The van der Waals surface area contributed by atoms with Gasteiger partial charge in [0.25, 0.3) is 0 Å². The first kappa shape index (κ1) is 26.7. The molecule has 7 nitrogen and oxygen atoms in total. The van der Waals surface area contributed by atoms with Crippen molar-refractivity contribution in [3.63, 3.8) is 0 Å². The number of hydrogen-bond donors (Lipinski definition) is 2. The molecule has 36 heavy (non-hydrogen) atoms. The molecular weight excluding hydrogens is 476 g/mol.